The first-order chi connectivity index (χ1) is 9.70. The van der Waals surface area contributed by atoms with Gasteiger partial charge in [0.1, 0.15) is 24.4 Å². The first-order valence-corrected chi connectivity index (χ1v) is 7.04. The molecule has 5 heteroatoms. The Bertz CT molecular complexity index is 435. The molecular weight excluding hydrogens is 260 g/mol. The van der Waals surface area contributed by atoms with Gasteiger partial charge in [-0.2, -0.15) is 0 Å². The van der Waals surface area contributed by atoms with E-state index in [1.165, 1.54) is 0 Å². The molecule has 4 unspecified atom stereocenters. The van der Waals surface area contributed by atoms with Gasteiger partial charge in [-0.05, 0) is 6.42 Å². The van der Waals surface area contributed by atoms with E-state index in [1.54, 1.807) is 0 Å². The van der Waals surface area contributed by atoms with Gasteiger partial charge in [0, 0.05) is 5.56 Å². The Kier molecular flexibility index (Phi) is 4.05. The Morgan fingerprint density at radius 2 is 1.85 bits per heavy atom. The Morgan fingerprint density at radius 1 is 1.10 bits per heavy atom. The van der Waals surface area contributed by atoms with E-state index in [-0.39, 0.29) is 12.2 Å². The van der Waals surface area contributed by atoms with Crippen LogP contribution in [0.3, 0.4) is 0 Å². The SMILES string of the molecule is CC[C@@H]1OC2COC(c3ccccc3)O[C@H]2C(O)C1O. The van der Waals surface area contributed by atoms with Crippen molar-refractivity contribution in [3.05, 3.63) is 35.9 Å². The summed E-state index contributed by atoms with van der Waals surface area (Å²) in [4.78, 5) is 0. The highest BCUT2D eigenvalue weighted by Gasteiger charge is 2.48. The number of fused-ring (bicyclic) bond motifs is 1. The smallest absolute Gasteiger partial charge is 0.184 e. The second-order valence-electron chi connectivity index (χ2n) is 5.28. The maximum Gasteiger partial charge on any atom is 0.184 e. The molecular formula is C15H20O5. The second kappa shape index (κ2) is 5.79. The third-order valence-corrected chi connectivity index (χ3v) is 3.95. The zero-order valence-corrected chi connectivity index (χ0v) is 11.4. The molecule has 1 aromatic carbocycles. The number of ether oxygens (including phenoxy) is 3. The van der Waals surface area contributed by atoms with Gasteiger partial charge in [0.05, 0.1) is 12.7 Å². The summed E-state index contributed by atoms with van der Waals surface area (Å²) in [5.74, 6) is 0. The molecule has 0 aliphatic carbocycles. The summed E-state index contributed by atoms with van der Waals surface area (Å²) in [6.45, 7) is 2.27. The normalized spacial score (nSPS) is 41.1. The van der Waals surface area contributed by atoms with Crippen LogP contribution in [-0.4, -0.2) is 47.3 Å². The maximum absolute atomic E-state index is 10.2. The van der Waals surface area contributed by atoms with E-state index in [9.17, 15) is 10.2 Å². The molecule has 2 aliphatic heterocycles. The maximum atomic E-state index is 10.2. The van der Waals surface area contributed by atoms with Crippen LogP contribution in [0.15, 0.2) is 30.3 Å². The topological polar surface area (TPSA) is 68.2 Å². The number of rotatable bonds is 2. The summed E-state index contributed by atoms with van der Waals surface area (Å²) in [7, 11) is 0. The van der Waals surface area contributed by atoms with Gasteiger partial charge in [-0.25, -0.2) is 0 Å². The van der Waals surface area contributed by atoms with Crippen molar-refractivity contribution in [2.24, 2.45) is 0 Å². The largest absolute Gasteiger partial charge is 0.388 e. The molecule has 6 atom stereocenters. The molecule has 5 nitrogen and oxygen atoms in total. The number of hydrogen-bond acceptors (Lipinski definition) is 5. The molecule has 3 rings (SSSR count). The lowest BCUT2D eigenvalue weighted by Gasteiger charge is -2.46. The fourth-order valence-electron chi connectivity index (χ4n) is 2.81. The monoisotopic (exact) mass is 280 g/mol. The van der Waals surface area contributed by atoms with Gasteiger partial charge >= 0.3 is 0 Å². The van der Waals surface area contributed by atoms with Crippen molar-refractivity contribution < 1.29 is 24.4 Å². The van der Waals surface area contributed by atoms with Crippen LogP contribution in [0.2, 0.25) is 0 Å². The van der Waals surface area contributed by atoms with Crippen LogP contribution in [-0.2, 0) is 14.2 Å². The van der Waals surface area contributed by atoms with Crippen LogP contribution in [0.4, 0.5) is 0 Å². The lowest BCUT2D eigenvalue weighted by molar-refractivity contribution is -0.328. The van der Waals surface area contributed by atoms with Crippen molar-refractivity contribution in [2.75, 3.05) is 6.61 Å². The Hall–Kier alpha value is -0.980. The summed E-state index contributed by atoms with van der Waals surface area (Å²) < 4.78 is 17.2. The van der Waals surface area contributed by atoms with Crippen molar-refractivity contribution in [3.8, 4) is 0 Å². The van der Waals surface area contributed by atoms with Crippen molar-refractivity contribution in [1.82, 2.24) is 0 Å². The average Bonchev–Trinajstić information content (AvgIpc) is 2.51. The molecule has 0 spiro atoms. The van der Waals surface area contributed by atoms with Crippen LogP contribution < -0.4 is 0 Å². The fourth-order valence-corrected chi connectivity index (χ4v) is 2.81. The summed E-state index contributed by atoms with van der Waals surface area (Å²) in [6, 6.07) is 9.55. The van der Waals surface area contributed by atoms with Gasteiger partial charge in [0.25, 0.3) is 0 Å². The molecule has 2 N–H and O–H groups in total. The van der Waals surface area contributed by atoms with E-state index < -0.39 is 24.6 Å². The highest BCUT2D eigenvalue weighted by atomic mass is 16.7. The minimum absolute atomic E-state index is 0.335. The molecule has 0 radical (unpaired) electrons. The third-order valence-electron chi connectivity index (χ3n) is 3.95. The van der Waals surface area contributed by atoms with Crippen LogP contribution in [0.1, 0.15) is 25.2 Å². The first-order valence-electron chi connectivity index (χ1n) is 7.04. The average molecular weight is 280 g/mol. The van der Waals surface area contributed by atoms with E-state index in [2.05, 4.69) is 0 Å². The van der Waals surface area contributed by atoms with Gasteiger partial charge in [-0.15, -0.1) is 0 Å². The van der Waals surface area contributed by atoms with Gasteiger partial charge in [-0.1, -0.05) is 37.3 Å². The quantitative estimate of drug-likeness (QED) is 0.846. The van der Waals surface area contributed by atoms with Crippen molar-refractivity contribution >= 4 is 0 Å². The van der Waals surface area contributed by atoms with Crippen molar-refractivity contribution in [2.45, 2.75) is 50.2 Å². The number of benzene rings is 1. The second-order valence-corrected chi connectivity index (χ2v) is 5.28. The van der Waals surface area contributed by atoms with Gasteiger partial charge in [0.2, 0.25) is 0 Å². The highest BCUT2D eigenvalue weighted by molar-refractivity contribution is 5.16. The van der Waals surface area contributed by atoms with Crippen LogP contribution in [0, 0.1) is 0 Å². The lowest BCUT2D eigenvalue weighted by atomic mass is 9.93. The molecule has 0 bridgehead atoms. The standard InChI is InChI=1S/C15H20O5/c1-2-10-12(16)13(17)14-11(19-10)8-18-15(20-14)9-6-4-3-5-7-9/h3-7,10-17H,2,8H2,1H3/t10-,11?,12?,13?,14+,15?/m0/s1. The first kappa shape index (κ1) is 14.0. The molecule has 20 heavy (non-hydrogen) atoms. The lowest BCUT2D eigenvalue weighted by Crippen LogP contribution is -2.61. The van der Waals surface area contributed by atoms with Gasteiger partial charge < -0.3 is 24.4 Å². The number of hydrogen-bond donors (Lipinski definition) is 2. The fraction of sp³-hybridized carbons (Fsp3) is 0.600. The summed E-state index contributed by atoms with van der Waals surface area (Å²) in [6.07, 6.45) is -3.02. The van der Waals surface area contributed by atoms with Crippen LogP contribution in [0.25, 0.3) is 0 Å². The minimum atomic E-state index is -0.950. The molecule has 2 saturated heterocycles. The zero-order valence-electron chi connectivity index (χ0n) is 11.4. The highest BCUT2D eigenvalue weighted by Crippen LogP contribution is 2.34. The van der Waals surface area contributed by atoms with Crippen LogP contribution >= 0.6 is 0 Å². The molecule has 0 saturated carbocycles. The van der Waals surface area contributed by atoms with E-state index in [0.29, 0.717) is 13.0 Å². The molecule has 1 aromatic rings. The minimum Gasteiger partial charge on any atom is -0.388 e. The summed E-state index contributed by atoms with van der Waals surface area (Å²) in [5.41, 5.74) is 0.894. The Balaban J connectivity index is 1.74. The Labute approximate surface area is 118 Å². The molecule has 0 amide bonds. The predicted octanol–water partition coefficient (Wildman–Crippen LogP) is 1.000. The summed E-state index contributed by atoms with van der Waals surface area (Å²) in [5, 5.41) is 20.3. The van der Waals surface area contributed by atoms with Crippen molar-refractivity contribution in [3.63, 3.8) is 0 Å². The molecule has 2 fully saturated rings. The van der Waals surface area contributed by atoms with E-state index in [1.807, 2.05) is 37.3 Å². The number of aliphatic hydroxyl groups is 2. The van der Waals surface area contributed by atoms with E-state index in [4.69, 9.17) is 14.2 Å². The van der Waals surface area contributed by atoms with E-state index in [0.717, 1.165) is 5.56 Å². The number of aliphatic hydroxyl groups excluding tert-OH is 2. The zero-order chi connectivity index (χ0) is 14.1. The molecule has 110 valence electrons. The van der Waals surface area contributed by atoms with Gasteiger partial charge in [-0.3, -0.25) is 0 Å². The molecule has 2 heterocycles. The van der Waals surface area contributed by atoms with Gasteiger partial charge in [0.15, 0.2) is 6.29 Å². The van der Waals surface area contributed by atoms with E-state index >= 15 is 0 Å². The third kappa shape index (κ3) is 2.47. The predicted molar refractivity (Wildman–Crippen MR) is 71.0 cm³/mol. The van der Waals surface area contributed by atoms with Crippen LogP contribution in [0.5, 0.6) is 0 Å². The molecule has 2 aliphatic rings. The summed E-state index contributed by atoms with van der Waals surface area (Å²) >= 11 is 0. The molecule has 0 aromatic heterocycles. The Morgan fingerprint density at radius 3 is 2.55 bits per heavy atom. The van der Waals surface area contributed by atoms with Crippen molar-refractivity contribution in [1.29, 1.82) is 0 Å².